The van der Waals surface area contributed by atoms with Crippen molar-refractivity contribution in [2.45, 2.75) is 32.7 Å². The molecule has 0 unspecified atom stereocenters. The van der Waals surface area contributed by atoms with Crippen molar-refractivity contribution in [1.29, 1.82) is 5.41 Å². The Labute approximate surface area is 88.6 Å². The Hall–Kier alpha value is -1.65. The van der Waals surface area contributed by atoms with Crippen molar-refractivity contribution in [3.8, 4) is 0 Å². The van der Waals surface area contributed by atoms with E-state index in [-0.39, 0.29) is 5.84 Å². The van der Waals surface area contributed by atoms with Gasteiger partial charge in [0, 0.05) is 6.04 Å². The molecule has 5 heteroatoms. The second-order valence-corrected chi connectivity index (χ2v) is 3.97. The van der Waals surface area contributed by atoms with Gasteiger partial charge >= 0.3 is 0 Å². The summed E-state index contributed by atoms with van der Waals surface area (Å²) in [6.07, 6.45) is 2.32. The molecule has 4 N–H and O–H groups in total. The van der Waals surface area contributed by atoms with Gasteiger partial charge in [0.15, 0.2) is 5.82 Å². The van der Waals surface area contributed by atoms with Gasteiger partial charge in [-0.2, -0.15) is 5.10 Å². The van der Waals surface area contributed by atoms with Gasteiger partial charge in [0.05, 0.1) is 11.3 Å². The van der Waals surface area contributed by atoms with Crippen LogP contribution in [0.3, 0.4) is 0 Å². The Morgan fingerprint density at radius 3 is 2.60 bits per heavy atom. The zero-order chi connectivity index (χ0) is 11.0. The maximum atomic E-state index is 7.55. The largest absolute Gasteiger partial charge is 0.384 e. The molecule has 1 aromatic rings. The molecule has 1 aliphatic rings. The number of nitrogens with two attached hydrogens (primary N) is 1. The molecule has 1 aromatic heterocycles. The molecule has 1 fully saturated rings. The monoisotopic (exact) mass is 205 g/mol. The fourth-order valence-corrected chi connectivity index (χ4v) is 1.46. The minimum atomic E-state index is 0.0497. The fourth-order valence-electron chi connectivity index (χ4n) is 1.46. The van der Waals surface area contributed by atoms with Gasteiger partial charge in [-0.3, -0.25) is 5.41 Å². The molecular formula is C10H15N5. The molecule has 0 aromatic carbocycles. The second kappa shape index (κ2) is 3.49. The van der Waals surface area contributed by atoms with Crippen molar-refractivity contribution in [1.82, 2.24) is 10.2 Å². The molecule has 5 nitrogen and oxygen atoms in total. The van der Waals surface area contributed by atoms with Crippen LogP contribution in [0.2, 0.25) is 0 Å². The molecular weight excluding hydrogens is 190 g/mol. The van der Waals surface area contributed by atoms with Crippen LogP contribution in [0.15, 0.2) is 0 Å². The SMILES string of the molecule is Cc1nnc(NC2CC2)c(C(=N)N)c1C. The summed E-state index contributed by atoms with van der Waals surface area (Å²) >= 11 is 0. The van der Waals surface area contributed by atoms with Crippen LogP contribution in [0.1, 0.15) is 29.7 Å². The van der Waals surface area contributed by atoms with E-state index < -0.39 is 0 Å². The van der Waals surface area contributed by atoms with Gasteiger partial charge in [-0.05, 0) is 32.3 Å². The average Bonchev–Trinajstić information content (AvgIpc) is 2.95. The predicted molar refractivity (Wildman–Crippen MR) is 59.2 cm³/mol. The van der Waals surface area contributed by atoms with Gasteiger partial charge in [-0.25, -0.2) is 0 Å². The lowest BCUT2D eigenvalue weighted by Crippen LogP contribution is -2.19. The third-order valence-electron chi connectivity index (χ3n) is 2.64. The molecule has 0 atom stereocenters. The quantitative estimate of drug-likeness (QED) is 0.506. The maximum Gasteiger partial charge on any atom is 0.160 e. The number of rotatable bonds is 3. The normalized spacial score (nSPS) is 15.1. The van der Waals surface area contributed by atoms with E-state index in [0.717, 1.165) is 24.1 Å². The number of nitrogens with one attached hydrogen (secondary N) is 2. The molecule has 15 heavy (non-hydrogen) atoms. The topological polar surface area (TPSA) is 87.7 Å². The number of aryl methyl sites for hydroxylation is 1. The maximum absolute atomic E-state index is 7.55. The Kier molecular flexibility index (Phi) is 2.30. The fraction of sp³-hybridized carbons (Fsp3) is 0.500. The lowest BCUT2D eigenvalue weighted by Gasteiger charge is -2.12. The zero-order valence-electron chi connectivity index (χ0n) is 8.96. The standard InChI is InChI=1S/C10H15N5/c1-5-6(2)14-15-10(8(5)9(11)12)13-7-3-4-7/h7H,3-4H2,1-2H3,(H3,11,12)(H,13,15). The summed E-state index contributed by atoms with van der Waals surface area (Å²) in [5, 5.41) is 18.9. The van der Waals surface area contributed by atoms with Crippen LogP contribution in [0.4, 0.5) is 5.82 Å². The number of amidine groups is 1. The Bertz CT molecular complexity index is 409. The van der Waals surface area contributed by atoms with Crippen molar-refractivity contribution in [3.63, 3.8) is 0 Å². The summed E-state index contributed by atoms with van der Waals surface area (Å²) in [7, 11) is 0. The van der Waals surface area contributed by atoms with Gasteiger partial charge < -0.3 is 11.1 Å². The average molecular weight is 205 g/mol. The van der Waals surface area contributed by atoms with Crippen LogP contribution < -0.4 is 11.1 Å². The van der Waals surface area contributed by atoms with Crippen LogP contribution in [-0.4, -0.2) is 22.1 Å². The van der Waals surface area contributed by atoms with Crippen molar-refractivity contribution in [2.24, 2.45) is 5.73 Å². The van der Waals surface area contributed by atoms with E-state index in [1.165, 1.54) is 0 Å². The van der Waals surface area contributed by atoms with E-state index in [0.29, 0.717) is 17.4 Å². The van der Waals surface area contributed by atoms with Crippen LogP contribution in [0.5, 0.6) is 0 Å². The minimum absolute atomic E-state index is 0.0497. The van der Waals surface area contributed by atoms with Gasteiger partial charge in [0.1, 0.15) is 5.84 Å². The summed E-state index contributed by atoms with van der Waals surface area (Å²) in [4.78, 5) is 0. The first-order valence-corrected chi connectivity index (χ1v) is 5.04. The molecule has 80 valence electrons. The molecule has 2 rings (SSSR count). The number of anilines is 1. The van der Waals surface area contributed by atoms with E-state index in [9.17, 15) is 0 Å². The van der Waals surface area contributed by atoms with Crippen molar-refractivity contribution in [3.05, 3.63) is 16.8 Å². The van der Waals surface area contributed by atoms with E-state index in [1.54, 1.807) is 0 Å². The molecule has 0 aliphatic heterocycles. The molecule has 1 saturated carbocycles. The van der Waals surface area contributed by atoms with Crippen LogP contribution in [-0.2, 0) is 0 Å². The summed E-state index contributed by atoms with van der Waals surface area (Å²) in [6.45, 7) is 3.79. The van der Waals surface area contributed by atoms with Gasteiger partial charge in [0.25, 0.3) is 0 Å². The summed E-state index contributed by atoms with van der Waals surface area (Å²) < 4.78 is 0. The molecule has 0 bridgehead atoms. The number of hydrogen-bond donors (Lipinski definition) is 3. The van der Waals surface area contributed by atoms with E-state index >= 15 is 0 Å². The zero-order valence-corrected chi connectivity index (χ0v) is 8.96. The first-order chi connectivity index (χ1) is 7.09. The lowest BCUT2D eigenvalue weighted by atomic mass is 10.1. The van der Waals surface area contributed by atoms with Gasteiger partial charge in [-0.1, -0.05) is 0 Å². The first kappa shape index (κ1) is 9.89. The molecule has 0 amide bonds. The smallest absolute Gasteiger partial charge is 0.160 e. The predicted octanol–water partition coefficient (Wildman–Crippen LogP) is 0.952. The van der Waals surface area contributed by atoms with Crippen molar-refractivity contribution < 1.29 is 0 Å². The van der Waals surface area contributed by atoms with E-state index in [1.807, 2.05) is 13.8 Å². The molecule has 0 saturated heterocycles. The van der Waals surface area contributed by atoms with Crippen molar-refractivity contribution in [2.75, 3.05) is 5.32 Å². The molecule has 1 aliphatic carbocycles. The van der Waals surface area contributed by atoms with Gasteiger partial charge in [-0.15, -0.1) is 5.10 Å². The summed E-state index contributed by atoms with van der Waals surface area (Å²) in [5.74, 6) is 0.696. The Balaban J connectivity index is 2.42. The highest BCUT2D eigenvalue weighted by Gasteiger charge is 2.24. The summed E-state index contributed by atoms with van der Waals surface area (Å²) in [5.41, 5.74) is 8.00. The molecule has 1 heterocycles. The molecule has 0 spiro atoms. The third kappa shape index (κ3) is 1.91. The van der Waals surface area contributed by atoms with Crippen LogP contribution in [0.25, 0.3) is 0 Å². The lowest BCUT2D eigenvalue weighted by molar-refractivity contribution is 0.940. The van der Waals surface area contributed by atoms with Crippen LogP contribution in [0, 0.1) is 19.3 Å². The van der Waals surface area contributed by atoms with Crippen LogP contribution >= 0.6 is 0 Å². The first-order valence-electron chi connectivity index (χ1n) is 5.04. The number of aromatic nitrogens is 2. The molecule has 0 radical (unpaired) electrons. The van der Waals surface area contributed by atoms with E-state index in [2.05, 4.69) is 15.5 Å². The van der Waals surface area contributed by atoms with E-state index in [4.69, 9.17) is 11.1 Å². The Morgan fingerprint density at radius 1 is 1.40 bits per heavy atom. The highest BCUT2D eigenvalue weighted by atomic mass is 15.2. The Morgan fingerprint density at radius 2 is 2.07 bits per heavy atom. The number of nitrogens with zero attached hydrogens (tertiary/aromatic N) is 2. The summed E-state index contributed by atoms with van der Waals surface area (Å²) in [6, 6.07) is 0.486. The number of hydrogen-bond acceptors (Lipinski definition) is 4. The minimum Gasteiger partial charge on any atom is -0.384 e. The second-order valence-electron chi connectivity index (χ2n) is 3.97. The van der Waals surface area contributed by atoms with Gasteiger partial charge in [0.2, 0.25) is 0 Å². The number of nitrogen functional groups attached to an aromatic ring is 1. The highest BCUT2D eigenvalue weighted by molar-refractivity contribution is 6.00. The highest BCUT2D eigenvalue weighted by Crippen LogP contribution is 2.26. The third-order valence-corrected chi connectivity index (χ3v) is 2.64. The van der Waals surface area contributed by atoms with Crippen molar-refractivity contribution >= 4 is 11.7 Å².